The summed E-state index contributed by atoms with van der Waals surface area (Å²) in [5.74, 6) is -0.416. The number of methoxy groups -OCH3 is 1. The average molecular weight is 418 g/mol. The molecule has 0 bridgehead atoms. The van der Waals surface area contributed by atoms with Crippen molar-refractivity contribution in [3.63, 3.8) is 0 Å². The van der Waals surface area contributed by atoms with Gasteiger partial charge >= 0.3 is 12.1 Å². The topological polar surface area (TPSA) is 90.4 Å². The van der Waals surface area contributed by atoms with Crippen molar-refractivity contribution in [3.8, 4) is 0 Å². The van der Waals surface area contributed by atoms with Gasteiger partial charge in [0.15, 0.2) is 0 Å². The van der Waals surface area contributed by atoms with E-state index in [-0.39, 0.29) is 11.3 Å². The molecule has 1 N–H and O–H groups in total. The standard InChI is InChI=1S/C22H31N3O5/c1-20(2,3)21(4)23(5)18(27)22(11-13-24(14-12-22)19(28)29)25(21)16-9-7-15(8-10-16)17(26)30-6/h7-10H,11-14H2,1-6H3,(H,28,29). The number of benzene rings is 1. The number of likely N-dealkylation sites (N-methyl/N-ethyl adjacent to an activating group) is 1. The molecule has 1 aromatic carbocycles. The molecule has 2 aliphatic heterocycles. The predicted molar refractivity (Wildman–Crippen MR) is 112 cm³/mol. The molecule has 1 unspecified atom stereocenters. The van der Waals surface area contributed by atoms with Crippen molar-refractivity contribution in [2.45, 2.75) is 51.7 Å². The molecule has 3 rings (SSSR count). The molecule has 2 amide bonds. The molecule has 1 spiro atoms. The summed E-state index contributed by atoms with van der Waals surface area (Å²) in [6.45, 7) is 8.93. The number of amides is 2. The van der Waals surface area contributed by atoms with Gasteiger partial charge in [0.25, 0.3) is 0 Å². The van der Waals surface area contributed by atoms with E-state index in [1.165, 1.54) is 12.0 Å². The minimum Gasteiger partial charge on any atom is -0.465 e. The monoisotopic (exact) mass is 417 g/mol. The molecule has 0 radical (unpaired) electrons. The van der Waals surface area contributed by atoms with Crippen LogP contribution >= 0.6 is 0 Å². The van der Waals surface area contributed by atoms with Gasteiger partial charge in [-0.05, 0) is 44.0 Å². The van der Waals surface area contributed by atoms with Crippen LogP contribution in [-0.4, -0.2) is 71.3 Å². The molecule has 8 heteroatoms. The van der Waals surface area contributed by atoms with Gasteiger partial charge in [0.1, 0.15) is 11.2 Å². The Morgan fingerprint density at radius 2 is 1.63 bits per heavy atom. The molecule has 1 atom stereocenters. The van der Waals surface area contributed by atoms with Gasteiger partial charge in [-0.15, -0.1) is 0 Å². The molecular weight excluding hydrogens is 386 g/mol. The number of hydrogen-bond acceptors (Lipinski definition) is 5. The number of piperidine rings is 1. The number of anilines is 1. The van der Waals surface area contributed by atoms with Crippen LogP contribution in [0.5, 0.6) is 0 Å². The van der Waals surface area contributed by atoms with Crippen LogP contribution in [-0.2, 0) is 9.53 Å². The van der Waals surface area contributed by atoms with Gasteiger partial charge in [0, 0.05) is 31.2 Å². The Morgan fingerprint density at radius 1 is 1.10 bits per heavy atom. The maximum absolute atomic E-state index is 13.7. The fourth-order valence-corrected chi connectivity index (χ4v) is 4.88. The summed E-state index contributed by atoms with van der Waals surface area (Å²) in [7, 11) is 3.16. The van der Waals surface area contributed by atoms with Crippen molar-refractivity contribution >= 4 is 23.7 Å². The second kappa shape index (κ2) is 7.18. The Balaban J connectivity index is 2.13. The summed E-state index contributed by atoms with van der Waals surface area (Å²) in [6, 6.07) is 7.09. The normalized spacial score (nSPS) is 23.8. The highest BCUT2D eigenvalue weighted by molar-refractivity contribution is 5.96. The number of likely N-dealkylation sites (tertiary alicyclic amines) is 1. The second-order valence-corrected chi connectivity index (χ2v) is 9.31. The lowest BCUT2D eigenvalue weighted by Crippen LogP contribution is -2.64. The van der Waals surface area contributed by atoms with Gasteiger partial charge in [-0.2, -0.15) is 0 Å². The van der Waals surface area contributed by atoms with E-state index in [4.69, 9.17) is 4.74 Å². The predicted octanol–water partition coefficient (Wildman–Crippen LogP) is 3.03. The van der Waals surface area contributed by atoms with Crippen LogP contribution in [0.4, 0.5) is 10.5 Å². The first-order chi connectivity index (χ1) is 13.9. The van der Waals surface area contributed by atoms with Crippen LogP contribution < -0.4 is 4.90 Å². The Morgan fingerprint density at radius 3 is 2.07 bits per heavy atom. The Kier molecular flexibility index (Phi) is 5.25. The van der Waals surface area contributed by atoms with Crippen molar-refractivity contribution < 1.29 is 24.2 Å². The number of nitrogens with zero attached hydrogens (tertiary/aromatic N) is 3. The van der Waals surface area contributed by atoms with Crippen molar-refractivity contribution in [2.75, 3.05) is 32.1 Å². The summed E-state index contributed by atoms with van der Waals surface area (Å²) < 4.78 is 4.80. The van der Waals surface area contributed by atoms with E-state index in [9.17, 15) is 19.5 Å². The number of ether oxygens (including phenoxy) is 1. The van der Waals surface area contributed by atoms with E-state index in [0.29, 0.717) is 31.5 Å². The first-order valence-electron chi connectivity index (χ1n) is 10.1. The summed E-state index contributed by atoms with van der Waals surface area (Å²) in [4.78, 5) is 42.3. The van der Waals surface area contributed by atoms with Crippen LogP contribution in [0.2, 0.25) is 0 Å². The number of carbonyl (C=O) groups is 3. The molecule has 164 valence electrons. The first kappa shape index (κ1) is 21.9. The fourth-order valence-electron chi connectivity index (χ4n) is 4.88. The molecule has 2 saturated heterocycles. The minimum atomic E-state index is -0.962. The van der Waals surface area contributed by atoms with Gasteiger partial charge < -0.3 is 24.5 Å². The Hall–Kier alpha value is -2.77. The summed E-state index contributed by atoms with van der Waals surface area (Å²) in [5, 5.41) is 9.38. The second-order valence-electron chi connectivity index (χ2n) is 9.31. The van der Waals surface area contributed by atoms with Crippen molar-refractivity contribution in [2.24, 2.45) is 5.41 Å². The highest BCUT2D eigenvalue weighted by atomic mass is 16.5. The SMILES string of the molecule is COC(=O)c1ccc(N2C3(CCN(C(=O)O)CC3)C(=O)N(C)C2(C)C(C)(C)C)cc1. The van der Waals surface area contributed by atoms with E-state index >= 15 is 0 Å². The van der Waals surface area contributed by atoms with Gasteiger partial charge in [-0.3, -0.25) is 4.79 Å². The molecule has 0 saturated carbocycles. The van der Waals surface area contributed by atoms with E-state index in [2.05, 4.69) is 32.6 Å². The van der Waals surface area contributed by atoms with Crippen molar-refractivity contribution in [1.82, 2.24) is 9.80 Å². The van der Waals surface area contributed by atoms with Gasteiger partial charge in [0.2, 0.25) is 5.91 Å². The van der Waals surface area contributed by atoms with Gasteiger partial charge in [-0.1, -0.05) is 20.8 Å². The molecular formula is C22H31N3O5. The Bertz CT molecular complexity index is 853. The number of carboxylic acid groups (broad SMARTS) is 1. The Labute approximate surface area is 177 Å². The molecule has 8 nitrogen and oxygen atoms in total. The lowest BCUT2D eigenvalue weighted by Gasteiger charge is -2.53. The van der Waals surface area contributed by atoms with Crippen molar-refractivity contribution in [3.05, 3.63) is 29.8 Å². The minimum absolute atomic E-state index is 0.00186. The third-order valence-corrected chi connectivity index (χ3v) is 7.05. The smallest absolute Gasteiger partial charge is 0.407 e. The van der Waals surface area contributed by atoms with Crippen LogP contribution in [0.3, 0.4) is 0 Å². The maximum Gasteiger partial charge on any atom is 0.407 e. The quantitative estimate of drug-likeness (QED) is 0.744. The fraction of sp³-hybridized carbons (Fsp3) is 0.591. The maximum atomic E-state index is 13.7. The molecule has 2 heterocycles. The summed E-state index contributed by atoms with van der Waals surface area (Å²) >= 11 is 0. The molecule has 2 aliphatic rings. The third-order valence-electron chi connectivity index (χ3n) is 7.05. The van der Waals surface area contributed by atoms with Gasteiger partial charge in [-0.25, -0.2) is 9.59 Å². The molecule has 1 aromatic rings. The number of hydrogen-bond donors (Lipinski definition) is 1. The average Bonchev–Trinajstić information content (AvgIpc) is 2.87. The zero-order chi connectivity index (χ0) is 22.5. The number of rotatable bonds is 2. The van der Waals surface area contributed by atoms with Crippen LogP contribution in [0.15, 0.2) is 24.3 Å². The van der Waals surface area contributed by atoms with Crippen LogP contribution in [0.1, 0.15) is 50.9 Å². The molecule has 2 fully saturated rings. The molecule has 30 heavy (non-hydrogen) atoms. The molecule has 0 aliphatic carbocycles. The first-order valence-corrected chi connectivity index (χ1v) is 10.1. The summed E-state index contributed by atoms with van der Waals surface area (Å²) in [5.41, 5.74) is -0.530. The van der Waals surface area contributed by atoms with E-state index in [0.717, 1.165) is 5.69 Å². The highest BCUT2D eigenvalue weighted by Gasteiger charge is 2.65. The molecule has 0 aromatic heterocycles. The lowest BCUT2D eigenvalue weighted by atomic mass is 9.78. The highest BCUT2D eigenvalue weighted by Crippen LogP contribution is 2.53. The van der Waals surface area contributed by atoms with E-state index in [1.54, 1.807) is 17.0 Å². The largest absolute Gasteiger partial charge is 0.465 e. The van der Waals surface area contributed by atoms with E-state index < -0.39 is 23.3 Å². The zero-order valence-electron chi connectivity index (χ0n) is 18.6. The van der Waals surface area contributed by atoms with Crippen molar-refractivity contribution in [1.29, 1.82) is 0 Å². The number of carbonyl (C=O) groups excluding carboxylic acids is 2. The number of esters is 1. The van der Waals surface area contributed by atoms with Crippen LogP contribution in [0, 0.1) is 5.41 Å². The lowest BCUT2D eigenvalue weighted by molar-refractivity contribution is -0.136. The van der Waals surface area contributed by atoms with E-state index in [1.807, 2.05) is 19.2 Å². The summed E-state index contributed by atoms with van der Waals surface area (Å²) in [6.07, 6.45) is -0.143. The third kappa shape index (κ3) is 3.00. The van der Waals surface area contributed by atoms with Gasteiger partial charge in [0.05, 0.1) is 12.7 Å². The van der Waals surface area contributed by atoms with Crippen LogP contribution in [0.25, 0.3) is 0 Å². The zero-order valence-corrected chi connectivity index (χ0v) is 18.6.